The molecule has 0 aliphatic carbocycles. The first-order valence-electron chi connectivity index (χ1n) is 6.84. The first kappa shape index (κ1) is 16.1. The summed E-state index contributed by atoms with van der Waals surface area (Å²) in [5.74, 6) is 0.675. The highest BCUT2D eigenvalue weighted by Gasteiger charge is 2.32. The highest BCUT2D eigenvalue weighted by atomic mass is 79.9. The number of amides is 1. The lowest BCUT2D eigenvalue weighted by molar-refractivity contribution is 0.00853. The van der Waals surface area contributed by atoms with Gasteiger partial charge in [-0.3, -0.25) is 4.90 Å². The maximum absolute atomic E-state index is 12.3. The normalized spacial score (nSPS) is 18.5. The van der Waals surface area contributed by atoms with Gasteiger partial charge < -0.3 is 14.6 Å². The first-order chi connectivity index (χ1) is 9.81. The second-order valence-corrected chi connectivity index (χ2v) is 6.82. The molecule has 1 unspecified atom stereocenters. The lowest BCUT2D eigenvalue weighted by Crippen LogP contribution is -2.41. The van der Waals surface area contributed by atoms with Gasteiger partial charge in [0, 0.05) is 10.0 Å². The zero-order valence-corrected chi connectivity index (χ0v) is 14.0. The van der Waals surface area contributed by atoms with Gasteiger partial charge in [-0.1, -0.05) is 22.0 Å². The second kappa shape index (κ2) is 6.23. The molecule has 116 valence electrons. The van der Waals surface area contributed by atoms with Crippen molar-refractivity contribution in [2.24, 2.45) is 0 Å². The summed E-state index contributed by atoms with van der Waals surface area (Å²) in [6.07, 6.45) is -0.444. The molecule has 1 aromatic carbocycles. The lowest BCUT2D eigenvalue weighted by Gasteiger charge is -2.31. The van der Waals surface area contributed by atoms with E-state index in [4.69, 9.17) is 9.47 Å². The van der Waals surface area contributed by atoms with E-state index in [1.54, 1.807) is 0 Å². The first-order valence-corrected chi connectivity index (χ1v) is 7.64. The van der Waals surface area contributed by atoms with Crippen LogP contribution in [0.3, 0.4) is 0 Å². The fourth-order valence-electron chi connectivity index (χ4n) is 2.22. The summed E-state index contributed by atoms with van der Waals surface area (Å²) in [4.78, 5) is 13.9. The van der Waals surface area contributed by atoms with Crippen LogP contribution in [0.15, 0.2) is 22.7 Å². The summed E-state index contributed by atoms with van der Waals surface area (Å²) in [7, 11) is 0. The molecular formula is C15H20BrNO4. The number of benzene rings is 1. The molecule has 1 heterocycles. The quantitative estimate of drug-likeness (QED) is 0.838. The van der Waals surface area contributed by atoms with Crippen LogP contribution < -0.4 is 4.74 Å². The minimum Gasteiger partial charge on any atom is -0.491 e. The standard InChI is InChI=1S/C15H20BrNO4/c1-15(2,3)21-14(19)17-6-7-20-13-8-10(16)4-5-11(13)12(17)9-18/h4-5,8,12,18H,6-7,9H2,1-3H3. The van der Waals surface area contributed by atoms with Crippen LogP contribution in [0.1, 0.15) is 32.4 Å². The van der Waals surface area contributed by atoms with Crippen molar-refractivity contribution in [2.45, 2.75) is 32.4 Å². The predicted molar refractivity (Wildman–Crippen MR) is 82.4 cm³/mol. The number of hydrogen-bond acceptors (Lipinski definition) is 4. The van der Waals surface area contributed by atoms with E-state index in [-0.39, 0.29) is 6.61 Å². The van der Waals surface area contributed by atoms with Gasteiger partial charge in [0.2, 0.25) is 0 Å². The predicted octanol–water partition coefficient (Wildman–Crippen LogP) is 3.11. The maximum Gasteiger partial charge on any atom is 0.411 e. The number of hydrogen-bond donors (Lipinski definition) is 1. The smallest absolute Gasteiger partial charge is 0.411 e. The van der Waals surface area contributed by atoms with Crippen LogP contribution in [0, 0.1) is 0 Å². The topological polar surface area (TPSA) is 59.0 Å². The molecule has 1 aliphatic heterocycles. The third-order valence-electron chi connectivity index (χ3n) is 3.10. The van der Waals surface area contributed by atoms with Crippen molar-refractivity contribution in [1.29, 1.82) is 0 Å². The molecule has 0 aromatic heterocycles. The fourth-order valence-corrected chi connectivity index (χ4v) is 2.56. The summed E-state index contributed by atoms with van der Waals surface area (Å²) in [5.41, 5.74) is 0.205. The number of carbonyl (C=O) groups excluding carboxylic acids is 1. The molecule has 1 aromatic rings. The van der Waals surface area contributed by atoms with Crippen molar-refractivity contribution in [3.63, 3.8) is 0 Å². The number of rotatable bonds is 1. The molecule has 1 aliphatic rings. The summed E-state index contributed by atoms with van der Waals surface area (Å²) in [5, 5.41) is 9.73. The molecule has 5 nitrogen and oxygen atoms in total. The number of aliphatic hydroxyl groups is 1. The largest absolute Gasteiger partial charge is 0.491 e. The van der Waals surface area contributed by atoms with Crippen molar-refractivity contribution < 1.29 is 19.4 Å². The molecular weight excluding hydrogens is 338 g/mol. The van der Waals surface area contributed by atoms with Crippen LogP contribution in [0.2, 0.25) is 0 Å². The van der Waals surface area contributed by atoms with E-state index in [0.29, 0.717) is 18.9 Å². The molecule has 21 heavy (non-hydrogen) atoms. The lowest BCUT2D eigenvalue weighted by atomic mass is 10.1. The van der Waals surface area contributed by atoms with E-state index in [1.807, 2.05) is 39.0 Å². The molecule has 1 atom stereocenters. The molecule has 0 fully saturated rings. The number of nitrogens with zero attached hydrogens (tertiary/aromatic N) is 1. The Labute approximate surface area is 133 Å². The van der Waals surface area contributed by atoms with E-state index >= 15 is 0 Å². The third-order valence-corrected chi connectivity index (χ3v) is 3.59. The molecule has 2 rings (SSSR count). The molecule has 6 heteroatoms. The molecule has 0 saturated heterocycles. The Morgan fingerprint density at radius 1 is 1.52 bits per heavy atom. The van der Waals surface area contributed by atoms with Crippen LogP contribution in [0.4, 0.5) is 4.79 Å². The molecule has 0 radical (unpaired) electrons. The van der Waals surface area contributed by atoms with Crippen LogP contribution in [0.25, 0.3) is 0 Å². The van der Waals surface area contributed by atoms with Gasteiger partial charge in [-0.2, -0.15) is 0 Å². The highest BCUT2D eigenvalue weighted by molar-refractivity contribution is 9.10. The van der Waals surface area contributed by atoms with Gasteiger partial charge in [-0.05, 0) is 32.9 Å². The second-order valence-electron chi connectivity index (χ2n) is 5.90. The zero-order chi connectivity index (χ0) is 15.6. The Morgan fingerprint density at radius 3 is 2.86 bits per heavy atom. The van der Waals surface area contributed by atoms with Crippen LogP contribution in [0.5, 0.6) is 5.75 Å². The molecule has 1 N–H and O–H groups in total. The SMILES string of the molecule is CC(C)(C)OC(=O)N1CCOc2cc(Br)ccc2C1CO. The van der Waals surface area contributed by atoms with Crippen LogP contribution >= 0.6 is 15.9 Å². The average molecular weight is 358 g/mol. The number of ether oxygens (including phenoxy) is 2. The number of carbonyl (C=O) groups is 1. The van der Waals surface area contributed by atoms with Gasteiger partial charge >= 0.3 is 6.09 Å². The summed E-state index contributed by atoms with van der Waals surface area (Å²) < 4.78 is 12.0. The van der Waals surface area contributed by atoms with Gasteiger partial charge in [-0.15, -0.1) is 0 Å². The highest BCUT2D eigenvalue weighted by Crippen LogP contribution is 2.34. The van der Waals surface area contributed by atoms with Crippen molar-refractivity contribution in [2.75, 3.05) is 19.8 Å². The summed E-state index contributed by atoms with van der Waals surface area (Å²) in [6.45, 7) is 6.00. The molecule has 0 bridgehead atoms. The van der Waals surface area contributed by atoms with Crippen molar-refractivity contribution >= 4 is 22.0 Å². The van der Waals surface area contributed by atoms with Gasteiger partial charge in [0.1, 0.15) is 18.0 Å². The Morgan fingerprint density at radius 2 is 2.24 bits per heavy atom. The minimum atomic E-state index is -0.577. The fraction of sp³-hybridized carbons (Fsp3) is 0.533. The van der Waals surface area contributed by atoms with Gasteiger partial charge in [0.05, 0.1) is 19.2 Å². The molecule has 1 amide bonds. The van der Waals surface area contributed by atoms with E-state index in [9.17, 15) is 9.90 Å². The molecule has 0 spiro atoms. The minimum absolute atomic E-state index is 0.183. The van der Waals surface area contributed by atoms with E-state index in [2.05, 4.69) is 15.9 Å². The average Bonchev–Trinajstić information content (AvgIpc) is 2.54. The Balaban J connectivity index is 2.31. The van der Waals surface area contributed by atoms with Gasteiger partial charge in [-0.25, -0.2) is 4.79 Å². The van der Waals surface area contributed by atoms with Crippen LogP contribution in [-0.2, 0) is 4.74 Å². The van der Waals surface area contributed by atoms with Crippen LogP contribution in [-0.4, -0.2) is 41.5 Å². The summed E-state index contributed by atoms with van der Waals surface area (Å²) in [6, 6.07) is 5.09. The summed E-state index contributed by atoms with van der Waals surface area (Å²) >= 11 is 3.39. The molecule has 0 saturated carbocycles. The van der Waals surface area contributed by atoms with E-state index in [0.717, 1.165) is 10.0 Å². The third kappa shape index (κ3) is 3.89. The Kier molecular flexibility index (Phi) is 4.78. The Bertz CT molecular complexity index is 527. The van der Waals surface area contributed by atoms with E-state index in [1.165, 1.54) is 4.90 Å². The number of halogens is 1. The van der Waals surface area contributed by atoms with Gasteiger partial charge in [0.15, 0.2) is 0 Å². The van der Waals surface area contributed by atoms with Gasteiger partial charge in [0.25, 0.3) is 0 Å². The van der Waals surface area contributed by atoms with Crippen molar-refractivity contribution in [1.82, 2.24) is 4.90 Å². The van der Waals surface area contributed by atoms with E-state index < -0.39 is 17.7 Å². The Hall–Kier alpha value is -1.27. The number of fused-ring (bicyclic) bond motifs is 1. The monoisotopic (exact) mass is 357 g/mol. The zero-order valence-electron chi connectivity index (χ0n) is 12.4. The van der Waals surface area contributed by atoms with Crippen molar-refractivity contribution in [3.05, 3.63) is 28.2 Å². The maximum atomic E-state index is 12.3. The number of aliphatic hydroxyl groups excluding tert-OH is 1. The van der Waals surface area contributed by atoms with Crippen molar-refractivity contribution in [3.8, 4) is 5.75 Å².